The molecule has 8 rings (SSSR count). The van der Waals surface area contributed by atoms with E-state index in [9.17, 15) is 0 Å². The Kier molecular flexibility index (Phi) is 9.27. The molecule has 50 heavy (non-hydrogen) atoms. The van der Waals surface area contributed by atoms with Crippen LogP contribution in [-0.4, -0.2) is 19.1 Å². The molecule has 248 valence electrons. The molecule has 3 aromatic heterocycles. The first kappa shape index (κ1) is 33.3. The molecule has 0 aliphatic carbocycles. The number of para-hydroxylation sites is 1. The number of ether oxygens (including phenoxy) is 1. The van der Waals surface area contributed by atoms with Crippen LogP contribution in [0.1, 0.15) is 50.7 Å². The summed E-state index contributed by atoms with van der Waals surface area (Å²) < 4.78 is 10.8. The minimum Gasteiger partial charge on any atom is -0.503 e. The number of pyridine rings is 1. The second-order valence-electron chi connectivity index (χ2n) is 13.0. The van der Waals surface area contributed by atoms with Gasteiger partial charge in [0, 0.05) is 41.3 Å². The van der Waals surface area contributed by atoms with Crippen LogP contribution >= 0.6 is 0 Å². The van der Waals surface area contributed by atoms with Crippen LogP contribution in [0.3, 0.4) is 0 Å². The Bertz CT molecular complexity index is 2400. The fourth-order valence-corrected chi connectivity index (χ4v) is 6.73. The Balaban J connectivity index is 0.00000392. The Hall–Kier alpha value is -5.25. The molecule has 0 saturated heterocycles. The summed E-state index contributed by atoms with van der Waals surface area (Å²) in [6.45, 7) is 9.04. The summed E-state index contributed by atoms with van der Waals surface area (Å²) in [5.41, 5.74) is 9.02. The van der Waals surface area contributed by atoms with Gasteiger partial charge in [-0.1, -0.05) is 93.9 Å². The van der Waals surface area contributed by atoms with Crippen molar-refractivity contribution in [1.82, 2.24) is 19.1 Å². The molecule has 0 unspecified atom stereocenters. The van der Waals surface area contributed by atoms with Gasteiger partial charge in [0.1, 0.15) is 5.82 Å². The number of nitrogens with zero attached hydrogens (tertiary/aromatic N) is 4. The van der Waals surface area contributed by atoms with Crippen LogP contribution in [0.25, 0.3) is 55.8 Å². The number of rotatable bonds is 8. The van der Waals surface area contributed by atoms with Crippen molar-refractivity contribution in [2.45, 2.75) is 39.5 Å². The predicted molar refractivity (Wildman–Crippen MR) is 199 cm³/mol. The number of fused-ring (bicyclic) bond motifs is 3. The van der Waals surface area contributed by atoms with Crippen LogP contribution in [0, 0.1) is 12.1 Å². The van der Waals surface area contributed by atoms with E-state index in [-0.39, 0.29) is 21.1 Å². The van der Waals surface area contributed by atoms with E-state index in [2.05, 4.69) is 127 Å². The molecule has 0 N–H and O–H groups in total. The minimum absolute atomic E-state index is 0. The van der Waals surface area contributed by atoms with E-state index in [1.165, 1.54) is 27.9 Å². The summed E-state index contributed by atoms with van der Waals surface area (Å²) in [4.78, 5) is 9.51. The van der Waals surface area contributed by atoms with Gasteiger partial charge in [0.15, 0.2) is 0 Å². The van der Waals surface area contributed by atoms with E-state index in [0.29, 0.717) is 23.3 Å². The zero-order valence-corrected chi connectivity index (χ0v) is 30.6. The zero-order chi connectivity index (χ0) is 33.5. The van der Waals surface area contributed by atoms with Crippen molar-refractivity contribution >= 4 is 21.8 Å². The van der Waals surface area contributed by atoms with Gasteiger partial charge in [-0.15, -0.1) is 41.3 Å². The first-order valence-corrected chi connectivity index (χ1v) is 16.8. The van der Waals surface area contributed by atoms with E-state index in [1.54, 1.807) is 0 Å². The Morgan fingerprint density at radius 2 is 1.34 bits per heavy atom. The molecule has 6 heteroatoms. The van der Waals surface area contributed by atoms with Crippen molar-refractivity contribution in [1.29, 1.82) is 0 Å². The quantitative estimate of drug-likeness (QED) is 0.143. The summed E-state index contributed by atoms with van der Waals surface area (Å²) in [6.07, 6.45) is 5.74. The van der Waals surface area contributed by atoms with Gasteiger partial charge >= 0.3 is 21.1 Å². The molecule has 0 radical (unpaired) electrons. The standard InChI is InChI=1S/C44H36N4O.Pt/c1-29(2)38-26-33(31-13-6-5-7-14-31)27-39(30(3)4)43(38)47-24-23-46-44(47)32-15-12-16-34(25-32)49-35-20-21-37-36-17-8-9-18-40(36)48(41(37)28-35)42-19-10-11-22-45-42;/h5-24,26-27,29-30H,1-4H3;/q-2;+2. The molecule has 0 aliphatic rings. The van der Waals surface area contributed by atoms with Crippen LogP contribution in [-0.2, 0) is 21.1 Å². The first-order valence-electron chi connectivity index (χ1n) is 16.8. The summed E-state index contributed by atoms with van der Waals surface area (Å²) in [5.74, 6) is 3.45. The van der Waals surface area contributed by atoms with Crippen molar-refractivity contribution in [3.8, 4) is 45.5 Å². The van der Waals surface area contributed by atoms with Gasteiger partial charge < -0.3 is 13.9 Å². The number of hydrogen-bond acceptors (Lipinski definition) is 3. The van der Waals surface area contributed by atoms with Crippen molar-refractivity contribution in [2.75, 3.05) is 0 Å². The SMILES string of the molecule is CC(C)c1cc(-c2ccccc2)cc(C(C)C)c1-n1ccnc1-c1[c-]c(Oc2[c-]c3c(cc2)c2ccccc2n3-c2ccccn2)ccc1.[Pt+2]. The van der Waals surface area contributed by atoms with Crippen LogP contribution in [0.4, 0.5) is 0 Å². The molecule has 5 aromatic carbocycles. The van der Waals surface area contributed by atoms with Crippen molar-refractivity contribution in [2.24, 2.45) is 0 Å². The Morgan fingerprint density at radius 1 is 0.620 bits per heavy atom. The summed E-state index contributed by atoms with van der Waals surface area (Å²) >= 11 is 0. The molecule has 0 atom stereocenters. The largest absolute Gasteiger partial charge is 2.00 e. The number of hydrogen-bond donors (Lipinski definition) is 0. The van der Waals surface area contributed by atoms with E-state index >= 15 is 0 Å². The topological polar surface area (TPSA) is 44.9 Å². The third kappa shape index (κ3) is 6.07. The monoisotopic (exact) mass is 831 g/mol. The minimum atomic E-state index is 0. The number of benzene rings is 5. The van der Waals surface area contributed by atoms with Gasteiger partial charge in [-0.3, -0.25) is 4.98 Å². The summed E-state index contributed by atoms with van der Waals surface area (Å²) in [6, 6.07) is 46.7. The molecule has 3 heterocycles. The van der Waals surface area contributed by atoms with Gasteiger partial charge in [-0.25, -0.2) is 4.98 Å². The van der Waals surface area contributed by atoms with Gasteiger partial charge in [-0.05, 0) is 69.8 Å². The zero-order valence-electron chi connectivity index (χ0n) is 28.4. The number of aromatic nitrogens is 4. The molecule has 8 aromatic rings. The average molecular weight is 832 g/mol. The van der Waals surface area contributed by atoms with Crippen molar-refractivity contribution in [3.63, 3.8) is 0 Å². The fraction of sp³-hybridized carbons (Fsp3) is 0.136. The van der Waals surface area contributed by atoms with Crippen LogP contribution in [0.15, 0.2) is 134 Å². The maximum atomic E-state index is 6.46. The van der Waals surface area contributed by atoms with Gasteiger partial charge in [-0.2, -0.15) is 6.07 Å². The first-order chi connectivity index (χ1) is 24.0. The van der Waals surface area contributed by atoms with E-state index in [0.717, 1.165) is 39.0 Å². The average Bonchev–Trinajstić information content (AvgIpc) is 3.75. The molecular weight excluding hydrogens is 796 g/mol. The third-order valence-corrected chi connectivity index (χ3v) is 9.07. The van der Waals surface area contributed by atoms with Gasteiger partial charge in [0.05, 0.1) is 5.82 Å². The van der Waals surface area contributed by atoms with Crippen LogP contribution in [0.5, 0.6) is 11.5 Å². The summed E-state index contributed by atoms with van der Waals surface area (Å²) in [5, 5.41) is 2.23. The van der Waals surface area contributed by atoms with E-state index < -0.39 is 0 Å². The molecular formula is C44H36N4OPt. The predicted octanol–water partition coefficient (Wildman–Crippen LogP) is 11.3. The second-order valence-corrected chi connectivity index (χ2v) is 13.0. The van der Waals surface area contributed by atoms with Gasteiger partial charge in [0.25, 0.3) is 0 Å². The molecule has 5 nitrogen and oxygen atoms in total. The summed E-state index contributed by atoms with van der Waals surface area (Å²) in [7, 11) is 0. The van der Waals surface area contributed by atoms with Crippen LogP contribution < -0.4 is 4.74 Å². The molecule has 0 amide bonds. The van der Waals surface area contributed by atoms with Gasteiger partial charge in [0.2, 0.25) is 0 Å². The van der Waals surface area contributed by atoms with Crippen molar-refractivity contribution < 1.29 is 25.8 Å². The van der Waals surface area contributed by atoms with E-state index in [4.69, 9.17) is 9.72 Å². The molecule has 0 bridgehead atoms. The molecule has 0 aliphatic heterocycles. The van der Waals surface area contributed by atoms with E-state index in [1.807, 2.05) is 60.9 Å². The normalized spacial score (nSPS) is 11.4. The Morgan fingerprint density at radius 3 is 2.08 bits per heavy atom. The fourth-order valence-electron chi connectivity index (χ4n) is 6.73. The molecule has 0 spiro atoms. The molecule has 0 fully saturated rings. The third-order valence-electron chi connectivity index (χ3n) is 9.07. The maximum Gasteiger partial charge on any atom is 2.00 e. The van der Waals surface area contributed by atoms with Crippen LogP contribution in [0.2, 0.25) is 0 Å². The maximum absolute atomic E-state index is 6.46. The van der Waals surface area contributed by atoms with Crippen molar-refractivity contribution in [3.05, 3.63) is 157 Å². The Labute approximate surface area is 307 Å². The number of imidazole rings is 1. The second kappa shape index (κ2) is 13.9. The smallest absolute Gasteiger partial charge is 0.503 e. The molecule has 0 saturated carbocycles.